The molecule has 0 bridgehead atoms. The molecule has 1 amide bonds. The molecule has 6 heteroatoms. The molecule has 1 aromatic heterocycles. The van der Waals surface area contributed by atoms with Crippen LogP contribution in [0.1, 0.15) is 29.5 Å². The van der Waals surface area contributed by atoms with Gasteiger partial charge in [0.25, 0.3) is 5.91 Å². The van der Waals surface area contributed by atoms with Crippen LogP contribution in [0.3, 0.4) is 0 Å². The number of piperazine rings is 1. The first-order valence-electron chi connectivity index (χ1n) is 6.34. The Kier molecular flexibility index (Phi) is 3.56. The largest absolute Gasteiger partial charge is 0.395 e. The van der Waals surface area contributed by atoms with Crippen molar-refractivity contribution in [1.82, 2.24) is 20.0 Å². The quantitative estimate of drug-likeness (QED) is 0.800. The summed E-state index contributed by atoms with van der Waals surface area (Å²) >= 11 is 0. The van der Waals surface area contributed by atoms with Gasteiger partial charge in [0.05, 0.1) is 11.4 Å². The predicted octanol–water partition coefficient (Wildman–Crippen LogP) is 0.467. The van der Waals surface area contributed by atoms with Crippen LogP contribution in [0.15, 0.2) is 0 Å². The molecule has 3 N–H and O–H groups in total. The lowest BCUT2D eigenvalue weighted by atomic mass is 10.1. The number of nitrogens with one attached hydrogen (secondary N) is 1. The van der Waals surface area contributed by atoms with Gasteiger partial charge in [-0.2, -0.15) is 5.10 Å². The zero-order valence-electron chi connectivity index (χ0n) is 11.2. The van der Waals surface area contributed by atoms with E-state index in [0.717, 1.165) is 31.7 Å². The summed E-state index contributed by atoms with van der Waals surface area (Å²) in [6, 6.07) is 0.420. The summed E-state index contributed by atoms with van der Waals surface area (Å²) in [7, 11) is 2.10. The van der Waals surface area contributed by atoms with Gasteiger partial charge in [0.15, 0.2) is 5.69 Å². The molecule has 1 atom stereocenters. The summed E-state index contributed by atoms with van der Waals surface area (Å²) in [6.07, 6.45) is 1.04. The van der Waals surface area contributed by atoms with Crippen LogP contribution in [0, 0.1) is 6.92 Å². The fraction of sp³-hybridized carbons (Fsp3) is 0.667. The zero-order valence-corrected chi connectivity index (χ0v) is 11.2. The molecular weight excluding hydrogens is 230 g/mol. The monoisotopic (exact) mass is 251 g/mol. The highest BCUT2D eigenvalue weighted by Crippen LogP contribution is 2.18. The first-order valence-corrected chi connectivity index (χ1v) is 6.34. The number of carbonyl (C=O) groups is 1. The maximum absolute atomic E-state index is 12.3. The number of anilines is 1. The van der Waals surface area contributed by atoms with Gasteiger partial charge in [-0.25, -0.2) is 0 Å². The van der Waals surface area contributed by atoms with Crippen molar-refractivity contribution in [3.63, 3.8) is 0 Å². The van der Waals surface area contributed by atoms with Crippen molar-refractivity contribution in [2.75, 3.05) is 32.4 Å². The molecule has 0 spiro atoms. The zero-order chi connectivity index (χ0) is 13.3. The van der Waals surface area contributed by atoms with Gasteiger partial charge in [0.1, 0.15) is 0 Å². The molecule has 100 valence electrons. The van der Waals surface area contributed by atoms with Gasteiger partial charge in [-0.05, 0) is 20.4 Å². The van der Waals surface area contributed by atoms with E-state index >= 15 is 0 Å². The number of nitrogens with two attached hydrogens (primary N) is 1. The second-order valence-corrected chi connectivity index (χ2v) is 4.90. The molecule has 1 aromatic rings. The van der Waals surface area contributed by atoms with Crippen LogP contribution in [0.25, 0.3) is 0 Å². The number of hydrogen-bond acceptors (Lipinski definition) is 4. The lowest BCUT2D eigenvalue weighted by Crippen LogP contribution is -2.53. The number of aryl methyl sites for hydroxylation is 1. The summed E-state index contributed by atoms with van der Waals surface area (Å²) in [6.45, 7) is 6.34. The predicted molar refractivity (Wildman–Crippen MR) is 70.3 cm³/mol. The lowest BCUT2D eigenvalue weighted by molar-refractivity contribution is 0.0537. The maximum Gasteiger partial charge on any atom is 0.276 e. The third-order valence-electron chi connectivity index (χ3n) is 3.73. The van der Waals surface area contributed by atoms with Crippen molar-refractivity contribution >= 4 is 11.6 Å². The Labute approximate surface area is 107 Å². The topological polar surface area (TPSA) is 78.2 Å². The number of nitrogens with zero attached hydrogens (tertiary/aromatic N) is 3. The molecule has 6 nitrogen and oxygen atoms in total. The molecule has 2 heterocycles. The summed E-state index contributed by atoms with van der Waals surface area (Å²) < 4.78 is 0. The van der Waals surface area contributed by atoms with Crippen molar-refractivity contribution in [3.8, 4) is 0 Å². The Morgan fingerprint density at radius 1 is 1.56 bits per heavy atom. The van der Waals surface area contributed by atoms with Gasteiger partial charge in [-0.1, -0.05) is 6.92 Å². The molecule has 2 rings (SSSR count). The number of rotatable bonds is 2. The van der Waals surface area contributed by atoms with Gasteiger partial charge in [-0.15, -0.1) is 0 Å². The van der Waals surface area contributed by atoms with Gasteiger partial charge < -0.3 is 10.6 Å². The number of amides is 1. The second kappa shape index (κ2) is 4.97. The third kappa shape index (κ3) is 2.20. The Hall–Kier alpha value is -1.56. The molecule has 0 aliphatic carbocycles. The Morgan fingerprint density at radius 2 is 2.28 bits per heavy atom. The average Bonchev–Trinajstić information content (AvgIpc) is 2.70. The van der Waals surface area contributed by atoms with Crippen molar-refractivity contribution in [1.29, 1.82) is 0 Å². The minimum absolute atomic E-state index is 0.0663. The second-order valence-electron chi connectivity index (χ2n) is 4.90. The van der Waals surface area contributed by atoms with Gasteiger partial charge >= 0.3 is 0 Å². The molecular formula is C12H21N5O. The van der Waals surface area contributed by atoms with Crippen LogP contribution in [0.4, 0.5) is 5.69 Å². The van der Waals surface area contributed by atoms with Crippen LogP contribution in [-0.2, 0) is 0 Å². The number of nitrogen functional groups attached to an aromatic ring is 1. The van der Waals surface area contributed by atoms with E-state index in [1.54, 1.807) is 0 Å². The standard InChI is InChI=1S/C12H21N5O/c1-4-9-7-17(6-5-16(9)3)12(18)11-10(13)8(2)14-15-11/h9H,4-7,13H2,1-3H3,(H,14,15). The summed E-state index contributed by atoms with van der Waals surface area (Å²) in [4.78, 5) is 16.5. The molecule has 1 saturated heterocycles. The van der Waals surface area contributed by atoms with E-state index in [2.05, 4.69) is 29.1 Å². The number of aromatic nitrogens is 2. The third-order valence-corrected chi connectivity index (χ3v) is 3.73. The number of carbonyl (C=O) groups excluding carboxylic acids is 1. The smallest absolute Gasteiger partial charge is 0.276 e. The Morgan fingerprint density at radius 3 is 2.83 bits per heavy atom. The Balaban J connectivity index is 2.12. The molecule has 0 saturated carbocycles. The molecule has 0 radical (unpaired) electrons. The van der Waals surface area contributed by atoms with Gasteiger partial charge in [0, 0.05) is 25.7 Å². The van der Waals surface area contributed by atoms with Crippen molar-refractivity contribution in [2.24, 2.45) is 0 Å². The number of H-pyrrole nitrogens is 1. The lowest BCUT2D eigenvalue weighted by Gasteiger charge is -2.38. The van der Waals surface area contributed by atoms with E-state index < -0.39 is 0 Å². The first kappa shape index (κ1) is 12.9. The highest BCUT2D eigenvalue weighted by molar-refractivity contribution is 5.97. The maximum atomic E-state index is 12.3. The van der Waals surface area contributed by atoms with Crippen molar-refractivity contribution < 1.29 is 4.79 Å². The fourth-order valence-corrected chi connectivity index (χ4v) is 2.32. The average molecular weight is 251 g/mol. The van der Waals surface area contributed by atoms with E-state index in [4.69, 9.17) is 5.73 Å². The SMILES string of the molecule is CCC1CN(C(=O)c2n[nH]c(C)c2N)CCN1C. The minimum atomic E-state index is -0.0663. The van der Waals surface area contributed by atoms with E-state index in [1.165, 1.54) is 0 Å². The molecule has 1 fully saturated rings. The highest BCUT2D eigenvalue weighted by atomic mass is 16.2. The van der Waals surface area contributed by atoms with Crippen LogP contribution in [0.2, 0.25) is 0 Å². The van der Waals surface area contributed by atoms with E-state index in [1.807, 2.05) is 11.8 Å². The number of likely N-dealkylation sites (N-methyl/N-ethyl adjacent to an activating group) is 1. The van der Waals surface area contributed by atoms with Gasteiger partial charge in [-0.3, -0.25) is 14.8 Å². The molecule has 1 aliphatic heterocycles. The molecule has 1 unspecified atom stereocenters. The first-order chi connectivity index (χ1) is 8.54. The Bertz CT molecular complexity index is 442. The molecule has 0 aromatic carbocycles. The summed E-state index contributed by atoms with van der Waals surface area (Å²) in [5, 5.41) is 6.76. The normalized spacial score (nSPS) is 21.3. The highest BCUT2D eigenvalue weighted by Gasteiger charge is 2.29. The minimum Gasteiger partial charge on any atom is -0.395 e. The number of hydrogen-bond donors (Lipinski definition) is 2. The summed E-state index contributed by atoms with van der Waals surface area (Å²) in [5.41, 5.74) is 7.42. The van der Waals surface area contributed by atoms with Crippen molar-refractivity contribution in [2.45, 2.75) is 26.3 Å². The molecule has 18 heavy (non-hydrogen) atoms. The van der Waals surface area contributed by atoms with E-state index in [9.17, 15) is 4.79 Å². The van der Waals surface area contributed by atoms with Crippen LogP contribution in [-0.4, -0.2) is 58.6 Å². The van der Waals surface area contributed by atoms with Gasteiger partial charge in [0.2, 0.25) is 0 Å². The summed E-state index contributed by atoms with van der Waals surface area (Å²) in [5.74, 6) is -0.0663. The van der Waals surface area contributed by atoms with Crippen LogP contribution >= 0.6 is 0 Å². The van der Waals surface area contributed by atoms with E-state index in [0.29, 0.717) is 17.4 Å². The van der Waals surface area contributed by atoms with Crippen LogP contribution < -0.4 is 5.73 Å². The van der Waals surface area contributed by atoms with Crippen molar-refractivity contribution in [3.05, 3.63) is 11.4 Å². The van der Waals surface area contributed by atoms with E-state index in [-0.39, 0.29) is 5.91 Å². The van der Waals surface area contributed by atoms with Crippen LogP contribution in [0.5, 0.6) is 0 Å². The number of aromatic amines is 1. The molecule has 1 aliphatic rings. The fourth-order valence-electron chi connectivity index (χ4n) is 2.32.